The van der Waals surface area contributed by atoms with Crippen LogP contribution in [0.2, 0.25) is 0 Å². The maximum absolute atomic E-state index is 13.5. The topological polar surface area (TPSA) is 23.5 Å². The highest BCUT2D eigenvalue weighted by Gasteiger charge is 2.18. The van der Waals surface area contributed by atoms with Crippen LogP contribution in [0.4, 0.5) is 4.39 Å². The lowest BCUT2D eigenvalue weighted by Crippen LogP contribution is -2.31. The fraction of sp³-hybridized carbons (Fsp3) is 0.429. The first kappa shape index (κ1) is 13.9. The second-order valence-electron chi connectivity index (χ2n) is 4.11. The summed E-state index contributed by atoms with van der Waals surface area (Å²) in [7, 11) is 0. The third-order valence-electron chi connectivity index (χ3n) is 2.92. The van der Waals surface area contributed by atoms with Gasteiger partial charge in [0.05, 0.1) is 13.2 Å². The Hall–Kier alpha value is -1.19. The molecule has 0 aromatic heterocycles. The van der Waals surface area contributed by atoms with Crippen LogP contribution in [0.15, 0.2) is 41.7 Å². The van der Waals surface area contributed by atoms with Gasteiger partial charge in [-0.2, -0.15) is 0 Å². The summed E-state index contributed by atoms with van der Waals surface area (Å²) in [5, 5.41) is 8.92. The minimum absolute atomic E-state index is 0. The van der Waals surface area contributed by atoms with Crippen molar-refractivity contribution in [3.63, 3.8) is 0 Å². The average Bonchev–Trinajstić information content (AvgIpc) is 2.31. The Balaban J connectivity index is 0.00000144. The Morgan fingerprint density at radius 1 is 1.24 bits per heavy atom. The lowest BCUT2D eigenvalue weighted by molar-refractivity contribution is 0.234. The number of aliphatic hydroxyl groups excluding tert-OH is 1. The van der Waals surface area contributed by atoms with E-state index in [1.165, 1.54) is 5.56 Å². The molecule has 3 heteroatoms. The molecule has 0 bridgehead atoms. The van der Waals surface area contributed by atoms with E-state index < -0.39 is 0 Å². The average molecular weight is 237 g/mol. The summed E-state index contributed by atoms with van der Waals surface area (Å²) in [5.74, 6) is -0.162. The first-order chi connectivity index (χ1) is 7.79. The van der Waals surface area contributed by atoms with Gasteiger partial charge < -0.3 is 5.11 Å². The van der Waals surface area contributed by atoms with Crippen molar-refractivity contribution >= 4 is 0 Å². The van der Waals surface area contributed by atoms with E-state index >= 15 is 0 Å². The van der Waals surface area contributed by atoms with Gasteiger partial charge in [-0.25, -0.2) is 4.39 Å². The second kappa shape index (κ2) is 6.52. The zero-order valence-electron chi connectivity index (χ0n) is 9.19. The summed E-state index contributed by atoms with van der Waals surface area (Å²) in [6, 6.07) is 10.0. The SMILES string of the molecule is C.OCC1=C(F)CN(Cc2ccccc2)CC1. The molecule has 0 unspecified atom stereocenters. The van der Waals surface area contributed by atoms with E-state index in [1.807, 2.05) is 30.3 Å². The van der Waals surface area contributed by atoms with Gasteiger partial charge >= 0.3 is 0 Å². The molecular weight excluding hydrogens is 217 g/mol. The van der Waals surface area contributed by atoms with Crippen LogP contribution in [-0.4, -0.2) is 29.7 Å². The molecule has 1 heterocycles. The fourth-order valence-corrected chi connectivity index (χ4v) is 1.96. The monoisotopic (exact) mass is 237 g/mol. The molecule has 0 atom stereocenters. The highest BCUT2D eigenvalue weighted by Crippen LogP contribution is 2.19. The number of nitrogens with zero attached hydrogens (tertiary/aromatic N) is 1. The molecule has 1 aliphatic heterocycles. The number of rotatable bonds is 3. The van der Waals surface area contributed by atoms with Crippen molar-refractivity contribution in [1.82, 2.24) is 4.90 Å². The van der Waals surface area contributed by atoms with E-state index in [0.717, 1.165) is 13.1 Å². The molecule has 0 aliphatic carbocycles. The molecule has 2 nitrogen and oxygen atoms in total. The minimum atomic E-state index is -0.162. The molecule has 0 saturated carbocycles. The van der Waals surface area contributed by atoms with Crippen molar-refractivity contribution in [1.29, 1.82) is 0 Å². The molecule has 0 fully saturated rings. The van der Waals surface area contributed by atoms with Gasteiger partial charge in [-0.15, -0.1) is 0 Å². The molecule has 1 aromatic carbocycles. The molecule has 0 amide bonds. The smallest absolute Gasteiger partial charge is 0.115 e. The van der Waals surface area contributed by atoms with Gasteiger partial charge in [0.2, 0.25) is 0 Å². The molecule has 0 radical (unpaired) electrons. The predicted molar refractivity (Wildman–Crippen MR) is 68.3 cm³/mol. The number of benzene rings is 1. The Labute approximate surface area is 102 Å². The van der Waals surface area contributed by atoms with Gasteiger partial charge in [-0.3, -0.25) is 4.90 Å². The molecule has 1 aromatic rings. The number of hydrogen-bond acceptors (Lipinski definition) is 2. The summed E-state index contributed by atoms with van der Waals surface area (Å²) < 4.78 is 13.5. The normalized spacial score (nSPS) is 16.8. The molecular formula is C14H20FNO. The van der Waals surface area contributed by atoms with Gasteiger partial charge in [-0.05, 0) is 17.6 Å². The molecule has 1 aliphatic rings. The van der Waals surface area contributed by atoms with Gasteiger partial charge in [0.15, 0.2) is 0 Å². The van der Waals surface area contributed by atoms with E-state index in [4.69, 9.17) is 5.11 Å². The fourth-order valence-electron chi connectivity index (χ4n) is 1.96. The third kappa shape index (κ3) is 3.65. The van der Waals surface area contributed by atoms with Crippen LogP contribution >= 0.6 is 0 Å². The van der Waals surface area contributed by atoms with Crippen LogP contribution in [0.1, 0.15) is 19.4 Å². The van der Waals surface area contributed by atoms with Crippen LogP contribution in [0.25, 0.3) is 0 Å². The lowest BCUT2D eigenvalue weighted by atomic mass is 10.1. The summed E-state index contributed by atoms with van der Waals surface area (Å²) in [5.41, 5.74) is 1.76. The highest BCUT2D eigenvalue weighted by atomic mass is 19.1. The lowest BCUT2D eigenvalue weighted by Gasteiger charge is -2.27. The summed E-state index contributed by atoms with van der Waals surface area (Å²) in [6.07, 6.45) is 0.634. The highest BCUT2D eigenvalue weighted by molar-refractivity contribution is 5.17. The van der Waals surface area contributed by atoms with Crippen LogP contribution in [0.3, 0.4) is 0 Å². The first-order valence-electron chi connectivity index (χ1n) is 5.53. The zero-order chi connectivity index (χ0) is 11.4. The molecule has 94 valence electrons. The van der Waals surface area contributed by atoms with E-state index in [0.29, 0.717) is 18.5 Å². The third-order valence-corrected chi connectivity index (χ3v) is 2.92. The van der Waals surface area contributed by atoms with Crippen molar-refractivity contribution < 1.29 is 9.50 Å². The van der Waals surface area contributed by atoms with E-state index in [9.17, 15) is 4.39 Å². The second-order valence-corrected chi connectivity index (χ2v) is 4.11. The molecule has 2 rings (SSSR count). The van der Waals surface area contributed by atoms with E-state index in [1.54, 1.807) is 0 Å². The predicted octanol–water partition coefficient (Wildman–Crippen LogP) is 2.74. The van der Waals surface area contributed by atoms with Crippen molar-refractivity contribution in [3.8, 4) is 0 Å². The number of hydrogen-bond donors (Lipinski definition) is 1. The molecule has 1 N–H and O–H groups in total. The van der Waals surface area contributed by atoms with Gasteiger partial charge in [-0.1, -0.05) is 37.8 Å². The first-order valence-corrected chi connectivity index (χ1v) is 5.53. The maximum atomic E-state index is 13.5. The minimum Gasteiger partial charge on any atom is -0.392 e. The Bertz CT molecular complexity index is 375. The van der Waals surface area contributed by atoms with Crippen molar-refractivity contribution in [2.24, 2.45) is 0 Å². The number of aliphatic hydroxyl groups is 1. The number of halogens is 1. The van der Waals surface area contributed by atoms with Gasteiger partial charge in [0.25, 0.3) is 0 Å². The van der Waals surface area contributed by atoms with Crippen LogP contribution in [0, 0.1) is 0 Å². The largest absolute Gasteiger partial charge is 0.392 e. The van der Waals surface area contributed by atoms with Crippen LogP contribution in [0.5, 0.6) is 0 Å². The van der Waals surface area contributed by atoms with Crippen LogP contribution < -0.4 is 0 Å². The Morgan fingerprint density at radius 2 is 1.94 bits per heavy atom. The van der Waals surface area contributed by atoms with Crippen molar-refractivity contribution in [3.05, 3.63) is 47.3 Å². The Kier molecular flexibility index (Phi) is 5.32. The summed E-state index contributed by atoms with van der Waals surface area (Å²) in [4.78, 5) is 2.06. The quantitative estimate of drug-likeness (QED) is 0.873. The van der Waals surface area contributed by atoms with Gasteiger partial charge in [0, 0.05) is 13.1 Å². The summed E-state index contributed by atoms with van der Waals surface area (Å²) in [6.45, 7) is 1.76. The zero-order valence-corrected chi connectivity index (χ0v) is 9.19. The standard InChI is InChI=1S/C13H16FNO.CH4/c14-13-9-15(7-6-12(13)10-16)8-11-4-2-1-3-5-11;/h1-5,16H,6-10H2;1H4. The summed E-state index contributed by atoms with van der Waals surface area (Å²) >= 11 is 0. The molecule has 0 spiro atoms. The maximum Gasteiger partial charge on any atom is 0.115 e. The Morgan fingerprint density at radius 3 is 2.53 bits per heavy atom. The van der Waals surface area contributed by atoms with Crippen LogP contribution in [-0.2, 0) is 6.54 Å². The van der Waals surface area contributed by atoms with Crippen molar-refractivity contribution in [2.45, 2.75) is 20.4 Å². The molecule has 17 heavy (non-hydrogen) atoms. The van der Waals surface area contributed by atoms with E-state index in [-0.39, 0.29) is 19.9 Å². The molecule has 0 saturated heterocycles. The van der Waals surface area contributed by atoms with Crippen molar-refractivity contribution in [2.75, 3.05) is 19.7 Å². The van der Waals surface area contributed by atoms with E-state index in [2.05, 4.69) is 4.90 Å². The van der Waals surface area contributed by atoms with Gasteiger partial charge in [0.1, 0.15) is 5.83 Å².